The number of carbonyl (C=O) groups excluding carboxylic acids is 1. The summed E-state index contributed by atoms with van der Waals surface area (Å²) in [5.74, 6) is 0. The van der Waals surface area contributed by atoms with E-state index >= 15 is 0 Å². The molecule has 1 aromatic carbocycles. The second-order valence-electron chi connectivity index (χ2n) is 4.14. The molecule has 0 atom stereocenters. The average molecular weight is 247 g/mol. The Hall–Kier alpha value is -1.81. The summed E-state index contributed by atoms with van der Waals surface area (Å²) in [6.45, 7) is 2.20. The van der Waals surface area contributed by atoms with Gasteiger partial charge in [0.25, 0.3) is 0 Å². The number of hydrogen-bond acceptors (Lipinski definition) is 2. The zero-order chi connectivity index (χ0) is 13.2. The van der Waals surface area contributed by atoms with E-state index in [2.05, 4.69) is 34.9 Å². The minimum absolute atomic E-state index is 0.0587. The van der Waals surface area contributed by atoms with Crippen molar-refractivity contribution in [2.24, 2.45) is 0 Å². The van der Waals surface area contributed by atoms with Crippen molar-refractivity contribution in [2.75, 3.05) is 33.7 Å². The van der Waals surface area contributed by atoms with Crippen molar-refractivity contribution >= 4 is 12.1 Å². The summed E-state index contributed by atoms with van der Waals surface area (Å²) >= 11 is 0. The lowest BCUT2D eigenvalue weighted by Gasteiger charge is -2.11. The molecule has 2 N–H and O–H groups in total. The highest BCUT2D eigenvalue weighted by molar-refractivity contribution is 5.73. The van der Waals surface area contributed by atoms with Crippen molar-refractivity contribution in [3.63, 3.8) is 0 Å². The Balaban J connectivity index is 2.06. The fraction of sp³-hybridized carbons (Fsp3) is 0.357. The van der Waals surface area contributed by atoms with Gasteiger partial charge in [-0.1, -0.05) is 42.5 Å². The van der Waals surface area contributed by atoms with Gasteiger partial charge >= 0.3 is 6.03 Å². The molecule has 0 aliphatic rings. The smallest absolute Gasteiger partial charge is 0.316 e. The van der Waals surface area contributed by atoms with Crippen LogP contribution in [0.4, 0.5) is 4.79 Å². The van der Waals surface area contributed by atoms with Crippen LogP contribution in [0.25, 0.3) is 6.08 Å². The standard InChI is InChI=1S/C14H21N3O/c1-17(2)14(18)16-12-11-15-10-6-9-13-7-4-3-5-8-13/h3-9,15H,10-12H2,1-2H3,(H,16,18)/b9-6+. The molecule has 0 saturated heterocycles. The highest BCUT2D eigenvalue weighted by Crippen LogP contribution is 1.99. The molecule has 0 aliphatic carbocycles. The highest BCUT2D eigenvalue weighted by Gasteiger charge is 1.99. The Morgan fingerprint density at radius 3 is 2.61 bits per heavy atom. The summed E-state index contributed by atoms with van der Waals surface area (Å²) < 4.78 is 0. The Kier molecular flexibility index (Phi) is 6.58. The van der Waals surface area contributed by atoms with Crippen LogP contribution in [0.2, 0.25) is 0 Å². The van der Waals surface area contributed by atoms with Crippen molar-refractivity contribution in [3.8, 4) is 0 Å². The summed E-state index contributed by atoms with van der Waals surface area (Å²) in [7, 11) is 3.46. The minimum Gasteiger partial charge on any atom is -0.337 e. The molecule has 4 nitrogen and oxygen atoms in total. The van der Waals surface area contributed by atoms with Crippen molar-refractivity contribution in [3.05, 3.63) is 42.0 Å². The maximum Gasteiger partial charge on any atom is 0.316 e. The lowest BCUT2D eigenvalue weighted by Crippen LogP contribution is -2.38. The van der Waals surface area contributed by atoms with Crippen LogP contribution in [-0.2, 0) is 0 Å². The van der Waals surface area contributed by atoms with Crippen LogP contribution in [0.1, 0.15) is 5.56 Å². The van der Waals surface area contributed by atoms with E-state index in [1.807, 2.05) is 18.2 Å². The third kappa shape index (κ3) is 6.06. The first-order chi connectivity index (χ1) is 8.70. The SMILES string of the molecule is CN(C)C(=O)NCCNC/C=C/c1ccccc1. The molecule has 0 saturated carbocycles. The molecule has 0 spiro atoms. The Bertz CT molecular complexity index is 374. The van der Waals surface area contributed by atoms with Gasteiger partial charge in [-0.2, -0.15) is 0 Å². The lowest BCUT2D eigenvalue weighted by atomic mass is 10.2. The van der Waals surface area contributed by atoms with E-state index in [9.17, 15) is 4.79 Å². The number of benzene rings is 1. The van der Waals surface area contributed by atoms with Crippen LogP contribution in [0.15, 0.2) is 36.4 Å². The summed E-state index contributed by atoms with van der Waals surface area (Å²) in [6.07, 6.45) is 4.15. The molecule has 0 fully saturated rings. The van der Waals surface area contributed by atoms with Crippen molar-refractivity contribution in [1.82, 2.24) is 15.5 Å². The summed E-state index contributed by atoms with van der Waals surface area (Å²) in [5, 5.41) is 6.02. The predicted octanol–water partition coefficient (Wildman–Crippen LogP) is 1.56. The molecule has 18 heavy (non-hydrogen) atoms. The molecule has 2 amide bonds. The molecule has 98 valence electrons. The van der Waals surface area contributed by atoms with E-state index in [-0.39, 0.29) is 6.03 Å². The van der Waals surface area contributed by atoms with Crippen molar-refractivity contribution in [2.45, 2.75) is 0 Å². The van der Waals surface area contributed by atoms with Crippen LogP contribution in [0, 0.1) is 0 Å². The van der Waals surface area contributed by atoms with Crippen LogP contribution in [0.3, 0.4) is 0 Å². The topological polar surface area (TPSA) is 44.4 Å². The number of hydrogen-bond donors (Lipinski definition) is 2. The monoisotopic (exact) mass is 247 g/mol. The van der Waals surface area contributed by atoms with Crippen LogP contribution >= 0.6 is 0 Å². The van der Waals surface area contributed by atoms with Crippen LogP contribution < -0.4 is 10.6 Å². The van der Waals surface area contributed by atoms with Gasteiger partial charge in [-0.05, 0) is 5.56 Å². The maximum atomic E-state index is 11.2. The Labute approximate surface area is 109 Å². The second-order valence-corrected chi connectivity index (χ2v) is 4.14. The molecular weight excluding hydrogens is 226 g/mol. The molecule has 0 radical (unpaired) electrons. The first-order valence-electron chi connectivity index (χ1n) is 6.07. The van der Waals surface area contributed by atoms with E-state index < -0.39 is 0 Å². The number of rotatable bonds is 6. The van der Waals surface area contributed by atoms with Gasteiger partial charge in [0.05, 0.1) is 0 Å². The first kappa shape index (κ1) is 14.3. The molecule has 0 unspecified atom stereocenters. The van der Waals surface area contributed by atoms with Gasteiger partial charge in [0.1, 0.15) is 0 Å². The van der Waals surface area contributed by atoms with E-state index in [0.717, 1.165) is 13.1 Å². The number of nitrogens with one attached hydrogen (secondary N) is 2. The fourth-order valence-corrected chi connectivity index (χ4v) is 1.36. The summed E-state index contributed by atoms with van der Waals surface area (Å²) in [4.78, 5) is 12.7. The van der Waals surface area contributed by atoms with Gasteiger partial charge in [0.15, 0.2) is 0 Å². The lowest BCUT2D eigenvalue weighted by molar-refractivity contribution is 0.217. The molecule has 0 bridgehead atoms. The number of carbonyl (C=O) groups is 1. The molecule has 1 rings (SSSR count). The van der Waals surface area contributed by atoms with Crippen molar-refractivity contribution < 1.29 is 4.79 Å². The Morgan fingerprint density at radius 1 is 1.22 bits per heavy atom. The number of amides is 2. The molecule has 0 heterocycles. The molecule has 0 aromatic heterocycles. The number of nitrogens with zero attached hydrogens (tertiary/aromatic N) is 1. The summed E-state index contributed by atoms with van der Waals surface area (Å²) in [5.41, 5.74) is 1.19. The zero-order valence-corrected chi connectivity index (χ0v) is 11.0. The largest absolute Gasteiger partial charge is 0.337 e. The maximum absolute atomic E-state index is 11.2. The van der Waals surface area contributed by atoms with Gasteiger partial charge in [0.2, 0.25) is 0 Å². The third-order valence-electron chi connectivity index (χ3n) is 2.36. The van der Waals surface area contributed by atoms with Gasteiger partial charge in [-0.25, -0.2) is 4.79 Å². The summed E-state index contributed by atoms with van der Waals surface area (Å²) in [6, 6.07) is 10.1. The van der Waals surface area contributed by atoms with Gasteiger partial charge in [-0.15, -0.1) is 0 Å². The van der Waals surface area contributed by atoms with Gasteiger partial charge in [0, 0.05) is 33.7 Å². The quantitative estimate of drug-likeness (QED) is 0.749. The molecule has 0 aliphatic heterocycles. The fourth-order valence-electron chi connectivity index (χ4n) is 1.36. The predicted molar refractivity (Wildman–Crippen MR) is 75.4 cm³/mol. The van der Waals surface area contributed by atoms with E-state index in [0.29, 0.717) is 6.54 Å². The second kappa shape index (κ2) is 8.31. The minimum atomic E-state index is -0.0587. The van der Waals surface area contributed by atoms with Crippen molar-refractivity contribution in [1.29, 1.82) is 0 Å². The van der Waals surface area contributed by atoms with Crippen LogP contribution in [0.5, 0.6) is 0 Å². The van der Waals surface area contributed by atoms with E-state index in [1.165, 1.54) is 10.5 Å². The van der Waals surface area contributed by atoms with E-state index in [1.54, 1.807) is 14.1 Å². The zero-order valence-electron chi connectivity index (χ0n) is 11.0. The van der Waals surface area contributed by atoms with E-state index in [4.69, 9.17) is 0 Å². The van der Waals surface area contributed by atoms with Crippen LogP contribution in [-0.4, -0.2) is 44.7 Å². The third-order valence-corrected chi connectivity index (χ3v) is 2.36. The van der Waals surface area contributed by atoms with Gasteiger partial charge < -0.3 is 15.5 Å². The normalized spacial score (nSPS) is 10.6. The molecular formula is C14H21N3O. The van der Waals surface area contributed by atoms with Gasteiger partial charge in [-0.3, -0.25) is 0 Å². The first-order valence-corrected chi connectivity index (χ1v) is 6.07. The number of urea groups is 1. The average Bonchev–Trinajstić information content (AvgIpc) is 2.38. The molecule has 1 aromatic rings. The Morgan fingerprint density at radius 2 is 1.94 bits per heavy atom. The highest BCUT2D eigenvalue weighted by atomic mass is 16.2. The molecule has 4 heteroatoms.